The van der Waals surface area contributed by atoms with Crippen molar-refractivity contribution in [2.24, 2.45) is 5.73 Å². The normalized spacial score (nSPS) is 11.4. The second-order valence-corrected chi connectivity index (χ2v) is 4.79. The van der Waals surface area contributed by atoms with Crippen LogP contribution in [0.3, 0.4) is 0 Å². The first kappa shape index (κ1) is 14.8. The summed E-state index contributed by atoms with van der Waals surface area (Å²) < 4.78 is 11.2. The zero-order chi connectivity index (χ0) is 13.6. The number of aliphatic hydroxyl groups is 1. The monoisotopic (exact) mass is 253 g/mol. The van der Waals surface area contributed by atoms with Gasteiger partial charge in [0.05, 0.1) is 18.8 Å². The Bertz CT molecular complexity index is 372. The van der Waals surface area contributed by atoms with Gasteiger partial charge in [-0.25, -0.2) is 0 Å². The van der Waals surface area contributed by atoms with Crippen LogP contribution < -0.4 is 15.2 Å². The van der Waals surface area contributed by atoms with E-state index >= 15 is 0 Å². The predicted octanol–water partition coefficient (Wildman–Crippen LogP) is 2.08. The number of nitrogens with two attached hydrogens (primary N) is 1. The first-order valence-corrected chi connectivity index (χ1v) is 6.28. The average Bonchev–Trinajstić information content (AvgIpc) is 2.29. The van der Waals surface area contributed by atoms with Crippen LogP contribution in [-0.2, 0) is 6.54 Å². The van der Waals surface area contributed by atoms with E-state index in [1.165, 1.54) is 0 Å². The second-order valence-electron chi connectivity index (χ2n) is 4.79. The molecule has 0 unspecified atom stereocenters. The van der Waals surface area contributed by atoms with Crippen LogP contribution in [0, 0.1) is 0 Å². The Morgan fingerprint density at radius 3 is 2.56 bits per heavy atom. The number of benzene rings is 1. The minimum atomic E-state index is -0.733. The van der Waals surface area contributed by atoms with E-state index in [9.17, 15) is 5.11 Å². The highest BCUT2D eigenvalue weighted by Gasteiger charge is 2.15. The Morgan fingerprint density at radius 1 is 1.28 bits per heavy atom. The Hall–Kier alpha value is -1.26. The SMILES string of the molecule is CCOc1cccc(CN)c1OCCC(C)(C)O. The van der Waals surface area contributed by atoms with Crippen molar-refractivity contribution in [1.29, 1.82) is 0 Å². The van der Waals surface area contributed by atoms with Gasteiger partial charge in [-0.15, -0.1) is 0 Å². The van der Waals surface area contributed by atoms with Crippen molar-refractivity contribution in [3.8, 4) is 11.5 Å². The van der Waals surface area contributed by atoms with E-state index in [-0.39, 0.29) is 0 Å². The molecule has 0 atom stereocenters. The number of hydrogen-bond acceptors (Lipinski definition) is 4. The van der Waals surface area contributed by atoms with Gasteiger partial charge in [0.25, 0.3) is 0 Å². The van der Waals surface area contributed by atoms with Gasteiger partial charge in [-0.1, -0.05) is 12.1 Å². The van der Waals surface area contributed by atoms with Gasteiger partial charge in [0.2, 0.25) is 0 Å². The van der Waals surface area contributed by atoms with Crippen molar-refractivity contribution in [1.82, 2.24) is 0 Å². The fourth-order valence-electron chi connectivity index (χ4n) is 1.56. The lowest BCUT2D eigenvalue weighted by molar-refractivity contribution is 0.0546. The molecule has 0 amide bonds. The molecule has 0 saturated heterocycles. The lowest BCUT2D eigenvalue weighted by Gasteiger charge is -2.19. The van der Waals surface area contributed by atoms with Gasteiger partial charge in [0.15, 0.2) is 11.5 Å². The maximum absolute atomic E-state index is 9.66. The first-order chi connectivity index (χ1) is 8.48. The summed E-state index contributed by atoms with van der Waals surface area (Å²) in [5.41, 5.74) is 5.87. The highest BCUT2D eigenvalue weighted by Crippen LogP contribution is 2.31. The van der Waals surface area contributed by atoms with E-state index in [0.717, 1.165) is 5.56 Å². The highest BCUT2D eigenvalue weighted by atomic mass is 16.5. The summed E-state index contributed by atoms with van der Waals surface area (Å²) >= 11 is 0. The average molecular weight is 253 g/mol. The van der Waals surface area contributed by atoms with Crippen LogP contribution in [0.25, 0.3) is 0 Å². The molecule has 1 aromatic rings. The van der Waals surface area contributed by atoms with Gasteiger partial charge in [0.1, 0.15) is 0 Å². The number of para-hydroxylation sites is 1. The third-order valence-corrected chi connectivity index (χ3v) is 2.54. The van der Waals surface area contributed by atoms with Crippen molar-refractivity contribution >= 4 is 0 Å². The molecule has 102 valence electrons. The quantitative estimate of drug-likeness (QED) is 0.781. The molecule has 4 heteroatoms. The largest absolute Gasteiger partial charge is 0.490 e. The maximum Gasteiger partial charge on any atom is 0.165 e. The number of rotatable bonds is 7. The lowest BCUT2D eigenvalue weighted by atomic mass is 10.1. The molecular formula is C14H23NO3. The molecule has 0 aliphatic rings. The number of ether oxygens (including phenoxy) is 2. The fraction of sp³-hybridized carbons (Fsp3) is 0.571. The van der Waals surface area contributed by atoms with E-state index < -0.39 is 5.60 Å². The summed E-state index contributed by atoms with van der Waals surface area (Å²) in [6.45, 7) is 6.86. The predicted molar refractivity (Wildman–Crippen MR) is 71.9 cm³/mol. The standard InChI is InChI=1S/C14H23NO3/c1-4-17-12-7-5-6-11(10-15)13(12)18-9-8-14(2,3)16/h5-7,16H,4,8-10,15H2,1-3H3. The van der Waals surface area contributed by atoms with E-state index in [1.54, 1.807) is 13.8 Å². The van der Waals surface area contributed by atoms with Gasteiger partial charge in [-0.2, -0.15) is 0 Å². The molecular weight excluding hydrogens is 230 g/mol. The Kier molecular flexibility index (Phi) is 5.44. The fourth-order valence-corrected chi connectivity index (χ4v) is 1.56. The molecule has 1 aromatic carbocycles. The molecule has 0 radical (unpaired) electrons. The molecule has 0 spiro atoms. The molecule has 0 fully saturated rings. The smallest absolute Gasteiger partial charge is 0.165 e. The summed E-state index contributed by atoms with van der Waals surface area (Å²) in [7, 11) is 0. The van der Waals surface area contributed by atoms with Crippen LogP contribution in [0.5, 0.6) is 11.5 Å². The van der Waals surface area contributed by atoms with Crippen molar-refractivity contribution < 1.29 is 14.6 Å². The Morgan fingerprint density at radius 2 is 2.00 bits per heavy atom. The topological polar surface area (TPSA) is 64.7 Å². The van der Waals surface area contributed by atoms with Crippen LogP contribution in [0.2, 0.25) is 0 Å². The molecule has 1 rings (SSSR count). The molecule has 0 heterocycles. The van der Waals surface area contributed by atoms with Crippen LogP contribution >= 0.6 is 0 Å². The molecule has 4 nitrogen and oxygen atoms in total. The van der Waals surface area contributed by atoms with Crippen molar-refractivity contribution in [3.05, 3.63) is 23.8 Å². The van der Waals surface area contributed by atoms with Crippen molar-refractivity contribution in [3.63, 3.8) is 0 Å². The third kappa shape index (κ3) is 4.55. The Labute approximate surface area is 109 Å². The van der Waals surface area contributed by atoms with E-state index in [0.29, 0.717) is 37.7 Å². The van der Waals surface area contributed by atoms with E-state index in [1.807, 2.05) is 25.1 Å². The van der Waals surface area contributed by atoms with Gasteiger partial charge >= 0.3 is 0 Å². The van der Waals surface area contributed by atoms with Crippen LogP contribution in [0.4, 0.5) is 0 Å². The summed E-state index contributed by atoms with van der Waals surface area (Å²) in [6, 6.07) is 5.68. The number of hydrogen-bond donors (Lipinski definition) is 2. The van der Waals surface area contributed by atoms with Gasteiger partial charge in [-0.3, -0.25) is 0 Å². The molecule has 3 N–H and O–H groups in total. The van der Waals surface area contributed by atoms with Crippen LogP contribution in [0.15, 0.2) is 18.2 Å². The molecule has 0 aliphatic carbocycles. The van der Waals surface area contributed by atoms with Crippen molar-refractivity contribution in [2.75, 3.05) is 13.2 Å². The van der Waals surface area contributed by atoms with E-state index in [4.69, 9.17) is 15.2 Å². The minimum absolute atomic E-state index is 0.402. The van der Waals surface area contributed by atoms with Gasteiger partial charge in [-0.05, 0) is 26.8 Å². The lowest BCUT2D eigenvalue weighted by Crippen LogP contribution is -2.22. The zero-order valence-corrected chi connectivity index (χ0v) is 11.4. The minimum Gasteiger partial charge on any atom is -0.490 e. The second kappa shape index (κ2) is 6.61. The van der Waals surface area contributed by atoms with Gasteiger partial charge < -0.3 is 20.3 Å². The van der Waals surface area contributed by atoms with Crippen LogP contribution in [0.1, 0.15) is 32.8 Å². The van der Waals surface area contributed by atoms with Gasteiger partial charge in [0, 0.05) is 18.5 Å². The summed E-state index contributed by atoms with van der Waals surface area (Å²) in [5.74, 6) is 1.39. The first-order valence-electron chi connectivity index (χ1n) is 6.28. The Balaban J connectivity index is 2.77. The van der Waals surface area contributed by atoms with Crippen molar-refractivity contribution in [2.45, 2.75) is 39.3 Å². The van der Waals surface area contributed by atoms with E-state index in [2.05, 4.69) is 0 Å². The molecule has 0 saturated carbocycles. The highest BCUT2D eigenvalue weighted by molar-refractivity contribution is 5.46. The zero-order valence-electron chi connectivity index (χ0n) is 11.4. The molecule has 18 heavy (non-hydrogen) atoms. The summed E-state index contributed by atoms with van der Waals surface area (Å²) in [4.78, 5) is 0. The maximum atomic E-state index is 9.66. The molecule has 0 aliphatic heterocycles. The molecule has 0 bridgehead atoms. The van der Waals surface area contributed by atoms with Crippen LogP contribution in [-0.4, -0.2) is 23.9 Å². The summed E-state index contributed by atoms with van der Waals surface area (Å²) in [5, 5.41) is 9.66. The third-order valence-electron chi connectivity index (χ3n) is 2.54. The molecule has 0 aromatic heterocycles. The summed E-state index contributed by atoms with van der Waals surface area (Å²) in [6.07, 6.45) is 0.553.